The monoisotopic (exact) mass is 319 g/mol. The Morgan fingerprint density at radius 3 is 2.83 bits per heavy atom. The summed E-state index contributed by atoms with van der Waals surface area (Å²) in [6.07, 6.45) is 1.77. The fourth-order valence-corrected chi connectivity index (χ4v) is 2.79. The average molecular weight is 319 g/mol. The second kappa shape index (κ2) is 9.27. The Labute approximate surface area is 137 Å². The van der Waals surface area contributed by atoms with Crippen molar-refractivity contribution in [2.24, 2.45) is 11.7 Å². The summed E-state index contributed by atoms with van der Waals surface area (Å²) in [5.41, 5.74) is 6.33. The van der Waals surface area contributed by atoms with Crippen LogP contribution in [0.1, 0.15) is 18.4 Å². The van der Waals surface area contributed by atoms with E-state index in [0.29, 0.717) is 26.3 Å². The summed E-state index contributed by atoms with van der Waals surface area (Å²) >= 11 is 0. The summed E-state index contributed by atoms with van der Waals surface area (Å²) in [7, 11) is 0. The quantitative estimate of drug-likeness (QED) is 0.684. The zero-order valence-corrected chi connectivity index (χ0v) is 13.4. The summed E-state index contributed by atoms with van der Waals surface area (Å²) < 4.78 is 5.54. The number of piperidine rings is 1. The Kier molecular flexibility index (Phi) is 7.03. The lowest BCUT2D eigenvalue weighted by atomic mass is 9.97. The van der Waals surface area contributed by atoms with Gasteiger partial charge in [-0.05, 0) is 24.9 Å². The normalized spacial score (nSPS) is 18.5. The molecule has 1 aliphatic rings. The van der Waals surface area contributed by atoms with Gasteiger partial charge < -0.3 is 15.8 Å². The summed E-state index contributed by atoms with van der Waals surface area (Å²) in [6.45, 7) is 3.18. The molecule has 1 unspecified atom stereocenters. The van der Waals surface area contributed by atoms with Crippen LogP contribution in [-0.2, 0) is 20.9 Å². The first kappa shape index (κ1) is 17.4. The van der Waals surface area contributed by atoms with E-state index in [-0.39, 0.29) is 24.3 Å². The van der Waals surface area contributed by atoms with Crippen molar-refractivity contribution in [3.05, 3.63) is 35.9 Å². The minimum absolute atomic E-state index is 0.0301. The molecule has 126 valence electrons. The van der Waals surface area contributed by atoms with Crippen molar-refractivity contribution in [2.45, 2.75) is 19.4 Å². The predicted molar refractivity (Wildman–Crippen MR) is 87.5 cm³/mol. The molecule has 3 N–H and O–H groups in total. The number of hydrogen-bond acceptors (Lipinski definition) is 4. The molecule has 6 heteroatoms. The van der Waals surface area contributed by atoms with Gasteiger partial charge in [-0.15, -0.1) is 0 Å². The van der Waals surface area contributed by atoms with Gasteiger partial charge in [0, 0.05) is 13.1 Å². The minimum atomic E-state index is -0.347. The van der Waals surface area contributed by atoms with E-state index < -0.39 is 0 Å². The van der Waals surface area contributed by atoms with Crippen LogP contribution in [0.3, 0.4) is 0 Å². The first-order valence-corrected chi connectivity index (χ1v) is 8.05. The molecule has 1 atom stereocenters. The zero-order chi connectivity index (χ0) is 16.5. The number of benzene rings is 1. The van der Waals surface area contributed by atoms with Crippen molar-refractivity contribution in [1.82, 2.24) is 10.2 Å². The van der Waals surface area contributed by atoms with E-state index in [2.05, 4.69) is 5.32 Å². The second-order valence-corrected chi connectivity index (χ2v) is 5.87. The number of carbonyl (C=O) groups excluding carboxylic acids is 2. The number of nitrogens with zero attached hydrogens (tertiary/aromatic N) is 1. The molecule has 1 aromatic rings. The third-order valence-corrected chi connectivity index (χ3v) is 3.91. The highest BCUT2D eigenvalue weighted by Gasteiger charge is 2.25. The molecule has 1 aromatic carbocycles. The highest BCUT2D eigenvalue weighted by molar-refractivity contribution is 5.79. The summed E-state index contributed by atoms with van der Waals surface area (Å²) in [5.74, 6) is -0.389. The molecule has 1 saturated heterocycles. The Hall–Kier alpha value is -1.92. The molecule has 6 nitrogen and oxygen atoms in total. The molecule has 1 aliphatic heterocycles. The number of carbonyl (C=O) groups is 2. The van der Waals surface area contributed by atoms with Gasteiger partial charge in [0.2, 0.25) is 11.8 Å². The number of nitrogens with two attached hydrogens (primary N) is 1. The van der Waals surface area contributed by atoms with Crippen LogP contribution in [0.2, 0.25) is 0 Å². The first-order valence-electron chi connectivity index (χ1n) is 8.05. The molecule has 0 spiro atoms. The number of rotatable bonds is 8. The van der Waals surface area contributed by atoms with Crippen molar-refractivity contribution in [3.8, 4) is 0 Å². The molecule has 0 bridgehead atoms. The maximum atomic E-state index is 12.2. The lowest BCUT2D eigenvalue weighted by Gasteiger charge is -2.30. The molecule has 1 heterocycles. The van der Waals surface area contributed by atoms with E-state index in [0.717, 1.165) is 24.9 Å². The summed E-state index contributed by atoms with van der Waals surface area (Å²) in [4.78, 5) is 25.1. The summed E-state index contributed by atoms with van der Waals surface area (Å²) in [5, 5.41) is 2.91. The molecule has 0 radical (unpaired) electrons. The number of ether oxygens (including phenoxy) is 1. The van der Waals surface area contributed by atoms with Crippen LogP contribution in [0, 0.1) is 5.92 Å². The Morgan fingerprint density at radius 2 is 2.09 bits per heavy atom. The van der Waals surface area contributed by atoms with E-state index in [1.54, 1.807) is 0 Å². The van der Waals surface area contributed by atoms with Crippen LogP contribution in [0.4, 0.5) is 0 Å². The lowest BCUT2D eigenvalue weighted by Crippen LogP contribution is -2.46. The van der Waals surface area contributed by atoms with Gasteiger partial charge in [0.25, 0.3) is 0 Å². The summed E-state index contributed by atoms with van der Waals surface area (Å²) in [6, 6.07) is 9.93. The van der Waals surface area contributed by atoms with E-state index >= 15 is 0 Å². The number of likely N-dealkylation sites (tertiary alicyclic amines) is 1. The zero-order valence-electron chi connectivity index (χ0n) is 13.4. The van der Waals surface area contributed by atoms with Crippen LogP contribution in [0.25, 0.3) is 0 Å². The van der Waals surface area contributed by atoms with E-state index in [1.165, 1.54) is 0 Å². The predicted octanol–water partition coefficient (Wildman–Crippen LogP) is 0.517. The van der Waals surface area contributed by atoms with Crippen molar-refractivity contribution >= 4 is 11.8 Å². The smallest absolute Gasteiger partial charge is 0.231 e. The molecule has 2 rings (SSSR count). The van der Waals surface area contributed by atoms with E-state index in [1.807, 2.05) is 35.2 Å². The topological polar surface area (TPSA) is 84.7 Å². The number of primary amides is 1. The Morgan fingerprint density at radius 1 is 1.30 bits per heavy atom. The molecular weight excluding hydrogens is 294 g/mol. The second-order valence-electron chi connectivity index (χ2n) is 5.87. The Bertz CT molecular complexity index is 507. The number of hydrogen-bond donors (Lipinski definition) is 2. The third-order valence-electron chi connectivity index (χ3n) is 3.91. The van der Waals surface area contributed by atoms with Gasteiger partial charge in [0.1, 0.15) is 0 Å². The van der Waals surface area contributed by atoms with Gasteiger partial charge in [-0.2, -0.15) is 0 Å². The van der Waals surface area contributed by atoms with Crippen LogP contribution in [0.5, 0.6) is 0 Å². The SMILES string of the molecule is NC(=O)CN1CCCC(C(=O)NCCOCc2ccccc2)C1. The standard InChI is InChI=1S/C17H25N3O3/c18-16(21)12-20-9-4-7-15(11-20)17(22)19-8-10-23-13-14-5-2-1-3-6-14/h1-3,5-6,15H,4,7-13H2,(H2,18,21)(H,19,22). The highest BCUT2D eigenvalue weighted by Crippen LogP contribution is 2.16. The van der Waals surface area contributed by atoms with E-state index in [4.69, 9.17) is 10.5 Å². The van der Waals surface area contributed by atoms with Crippen LogP contribution in [-0.4, -0.2) is 49.5 Å². The fraction of sp³-hybridized carbons (Fsp3) is 0.529. The van der Waals surface area contributed by atoms with Crippen molar-refractivity contribution < 1.29 is 14.3 Å². The number of nitrogens with one attached hydrogen (secondary N) is 1. The molecular formula is C17H25N3O3. The van der Waals surface area contributed by atoms with Crippen molar-refractivity contribution in [3.63, 3.8) is 0 Å². The molecule has 0 aliphatic carbocycles. The van der Waals surface area contributed by atoms with Gasteiger partial charge in [-0.1, -0.05) is 30.3 Å². The third kappa shape index (κ3) is 6.38. The highest BCUT2D eigenvalue weighted by atomic mass is 16.5. The fourth-order valence-electron chi connectivity index (χ4n) is 2.79. The molecule has 1 fully saturated rings. The molecule has 23 heavy (non-hydrogen) atoms. The van der Waals surface area contributed by atoms with Crippen LogP contribution in [0.15, 0.2) is 30.3 Å². The van der Waals surface area contributed by atoms with Gasteiger partial charge >= 0.3 is 0 Å². The molecule has 2 amide bonds. The van der Waals surface area contributed by atoms with Crippen LogP contribution < -0.4 is 11.1 Å². The van der Waals surface area contributed by atoms with Crippen molar-refractivity contribution in [2.75, 3.05) is 32.8 Å². The lowest BCUT2D eigenvalue weighted by molar-refractivity contribution is -0.128. The minimum Gasteiger partial charge on any atom is -0.375 e. The molecule has 0 aromatic heterocycles. The average Bonchev–Trinajstić information content (AvgIpc) is 2.55. The maximum Gasteiger partial charge on any atom is 0.231 e. The van der Waals surface area contributed by atoms with Crippen molar-refractivity contribution in [1.29, 1.82) is 0 Å². The molecule has 0 saturated carbocycles. The largest absolute Gasteiger partial charge is 0.375 e. The van der Waals surface area contributed by atoms with Gasteiger partial charge in [-0.25, -0.2) is 0 Å². The maximum absolute atomic E-state index is 12.2. The van der Waals surface area contributed by atoms with E-state index in [9.17, 15) is 9.59 Å². The van der Waals surface area contributed by atoms with Gasteiger partial charge in [-0.3, -0.25) is 14.5 Å². The first-order chi connectivity index (χ1) is 11.1. The van der Waals surface area contributed by atoms with Gasteiger partial charge in [0.05, 0.1) is 25.7 Å². The van der Waals surface area contributed by atoms with Crippen LogP contribution >= 0.6 is 0 Å². The van der Waals surface area contributed by atoms with Gasteiger partial charge in [0.15, 0.2) is 0 Å². The Balaban J connectivity index is 1.61. The number of amides is 2.